The number of carbonyl (C=O) groups excluding carboxylic acids is 3. The number of amides is 1. The lowest BCUT2D eigenvalue weighted by molar-refractivity contribution is -0.150. The maximum atomic E-state index is 13.1. The molecule has 264 valence electrons. The van der Waals surface area contributed by atoms with Gasteiger partial charge >= 0.3 is 11.9 Å². The molecule has 0 aliphatic rings. The standard InChI is InChI=1S/C37H65N3O5S/c1-4-7-10-13-14-15-18-31-44-35(41)24-19-28-40(37(43)46-32-21-27-39-30-26-38-33-39)29-20-25-36(42)45-34(22-16-11-8-5-2)23-17-12-9-6-3/h15,18,26,30,33-34H,4-14,16-17,19-25,27-29,31-32H2,1-3H3/b18-15-. The third kappa shape index (κ3) is 24.0. The van der Waals surface area contributed by atoms with E-state index < -0.39 is 0 Å². The molecule has 0 N–H and O–H groups in total. The highest BCUT2D eigenvalue weighted by Crippen LogP contribution is 2.18. The topological polar surface area (TPSA) is 90.7 Å². The average molecular weight is 664 g/mol. The van der Waals surface area contributed by atoms with Crippen LogP contribution in [0.25, 0.3) is 0 Å². The first-order valence-electron chi connectivity index (χ1n) is 18.4. The molecule has 1 amide bonds. The molecule has 0 radical (unpaired) electrons. The fourth-order valence-electron chi connectivity index (χ4n) is 5.23. The van der Waals surface area contributed by atoms with Crippen molar-refractivity contribution in [1.29, 1.82) is 0 Å². The Morgan fingerprint density at radius 2 is 1.41 bits per heavy atom. The van der Waals surface area contributed by atoms with Crippen LogP contribution in [0.3, 0.4) is 0 Å². The number of carbonyl (C=O) groups is 3. The van der Waals surface area contributed by atoms with Gasteiger partial charge in [-0.05, 0) is 57.8 Å². The predicted octanol–water partition coefficient (Wildman–Crippen LogP) is 9.91. The van der Waals surface area contributed by atoms with Crippen LogP contribution >= 0.6 is 11.8 Å². The van der Waals surface area contributed by atoms with Gasteiger partial charge < -0.3 is 18.9 Å². The highest BCUT2D eigenvalue weighted by molar-refractivity contribution is 8.13. The molecule has 0 saturated carbocycles. The summed E-state index contributed by atoms with van der Waals surface area (Å²) in [5, 5.41) is -0.0110. The first-order chi connectivity index (χ1) is 22.5. The molecule has 1 aromatic rings. The SMILES string of the molecule is CCCCCC/C=C\COC(=O)CCCN(CCCC(=O)OC(CCCCCC)CCCCCC)C(=O)SCCCn1ccnc1. The van der Waals surface area contributed by atoms with E-state index in [9.17, 15) is 14.4 Å². The van der Waals surface area contributed by atoms with Gasteiger partial charge in [0.1, 0.15) is 12.7 Å². The van der Waals surface area contributed by atoms with Crippen molar-refractivity contribution in [2.45, 2.75) is 162 Å². The molecule has 9 heteroatoms. The van der Waals surface area contributed by atoms with E-state index in [0.717, 1.165) is 45.1 Å². The summed E-state index contributed by atoms with van der Waals surface area (Å²) < 4.78 is 13.3. The summed E-state index contributed by atoms with van der Waals surface area (Å²) in [6.45, 7) is 8.64. The van der Waals surface area contributed by atoms with Gasteiger partial charge in [-0.1, -0.05) is 102 Å². The van der Waals surface area contributed by atoms with Crippen LogP contribution in [0.5, 0.6) is 0 Å². The van der Waals surface area contributed by atoms with Crippen molar-refractivity contribution >= 4 is 28.9 Å². The second-order valence-electron chi connectivity index (χ2n) is 12.3. The Balaban J connectivity index is 2.52. The van der Waals surface area contributed by atoms with Gasteiger partial charge in [0.15, 0.2) is 0 Å². The largest absolute Gasteiger partial charge is 0.462 e. The molecule has 0 bridgehead atoms. The van der Waals surface area contributed by atoms with E-state index in [2.05, 4.69) is 31.8 Å². The zero-order chi connectivity index (χ0) is 33.5. The molecule has 46 heavy (non-hydrogen) atoms. The highest BCUT2D eigenvalue weighted by Gasteiger charge is 2.18. The number of unbranched alkanes of at least 4 members (excludes halogenated alkanes) is 10. The molecule has 0 atom stereocenters. The van der Waals surface area contributed by atoms with Gasteiger partial charge in [0, 0.05) is 50.6 Å². The zero-order valence-corrected chi connectivity index (χ0v) is 30.2. The van der Waals surface area contributed by atoms with Crippen molar-refractivity contribution in [3.05, 3.63) is 30.9 Å². The maximum absolute atomic E-state index is 13.1. The summed E-state index contributed by atoms with van der Waals surface area (Å²) in [5.41, 5.74) is 0. The maximum Gasteiger partial charge on any atom is 0.306 e. The quantitative estimate of drug-likeness (QED) is 0.0460. The van der Waals surface area contributed by atoms with Crippen LogP contribution in [0.4, 0.5) is 4.79 Å². The van der Waals surface area contributed by atoms with Gasteiger partial charge in [-0.25, -0.2) is 4.98 Å². The summed E-state index contributed by atoms with van der Waals surface area (Å²) in [5.74, 6) is 0.280. The van der Waals surface area contributed by atoms with Gasteiger partial charge in [0.25, 0.3) is 5.24 Å². The second-order valence-corrected chi connectivity index (χ2v) is 13.3. The number of rotatable bonds is 30. The number of thioether (sulfide) groups is 1. The van der Waals surface area contributed by atoms with Crippen LogP contribution in [-0.4, -0.2) is 63.2 Å². The molecule has 0 saturated heterocycles. The van der Waals surface area contributed by atoms with Crippen LogP contribution in [0.1, 0.15) is 149 Å². The van der Waals surface area contributed by atoms with Crippen molar-refractivity contribution < 1.29 is 23.9 Å². The van der Waals surface area contributed by atoms with Crippen LogP contribution in [0.15, 0.2) is 30.9 Å². The molecule has 0 aromatic carbocycles. The minimum absolute atomic E-state index is 0.00749. The number of imidazole rings is 1. The van der Waals surface area contributed by atoms with Gasteiger partial charge in [0.05, 0.1) is 6.33 Å². The van der Waals surface area contributed by atoms with E-state index >= 15 is 0 Å². The van der Waals surface area contributed by atoms with Crippen LogP contribution in [0.2, 0.25) is 0 Å². The lowest BCUT2D eigenvalue weighted by Crippen LogP contribution is -2.31. The van der Waals surface area contributed by atoms with E-state index in [1.54, 1.807) is 17.4 Å². The minimum Gasteiger partial charge on any atom is -0.462 e. The van der Waals surface area contributed by atoms with Crippen molar-refractivity contribution in [2.75, 3.05) is 25.4 Å². The Labute approximate surface area is 284 Å². The van der Waals surface area contributed by atoms with Crippen LogP contribution in [-0.2, 0) is 25.6 Å². The zero-order valence-electron chi connectivity index (χ0n) is 29.4. The van der Waals surface area contributed by atoms with E-state index in [1.165, 1.54) is 76.0 Å². The molecule has 1 rings (SSSR count). The molecular formula is C37H65N3O5S. The Morgan fingerprint density at radius 1 is 0.783 bits per heavy atom. The predicted molar refractivity (Wildman–Crippen MR) is 191 cm³/mol. The third-order valence-corrected chi connectivity index (χ3v) is 9.01. The summed E-state index contributed by atoms with van der Waals surface area (Å²) in [7, 11) is 0. The number of allylic oxidation sites excluding steroid dienone is 1. The lowest BCUT2D eigenvalue weighted by Gasteiger charge is -2.22. The molecular weight excluding hydrogens is 598 g/mol. The number of esters is 2. The van der Waals surface area contributed by atoms with Crippen molar-refractivity contribution in [2.24, 2.45) is 0 Å². The number of aryl methyl sites for hydroxylation is 1. The van der Waals surface area contributed by atoms with Crippen LogP contribution in [0, 0.1) is 0 Å². The summed E-state index contributed by atoms with van der Waals surface area (Å²) in [6.07, 6.45) is 29.1. The summed E-state index contributed by atoms with van der Waals surface area (Å²) in [6, 6.07) is 0. The van der Waals surface area contributed by atoms with E-state index in [-0.39, 0.29) is 29.7 Å². The molecule has 0 aliphatic carbocycles. The summed E-state index contributed by atoms with van der Waals surface area (Å²) in [4.78, 5) is 44.1. The van der Waals surface area contributed by atoms with E-state index in [4.69, 9.17) is 9.47 Å². The average Bonchev–Trinajstić information content (AvgIpc) is 3.57. The molecule has 1 aromatic heterocycles. The number of nitrogens with zero attached hydrogens (tertiary/aromatic N) is 3. The number of hydrogen-bond acceptors (Lipinski definition) is 7. The Morgan fingerprint density at radius 3 is 2.02 bits per heavy atom. The van der Waals surface area contributed by atoms with Crippen molar-refractivity contribution in [3.63, 3.8) is 0 Å². The smallest absolute Gasteiger partial charge is 0.306 e. The Hall–Kier alpha value is -2.29. The van der Waals surface area contributed by atoms with Gasteiger partial charge in [-0.15, -0.1) is 0 Å². The monoisotopic (exact) mass is 663 g/mol. The minimum atomic E-state index is -0.247. The summed E-state index contributed by atoms with van der Waals surface area (Å²) >= 11 is 1.30. The lowest BCUT2D eigenvalue weighted by atomic mass is 10.0. The molecule has 0 spiro atoms. The number of aromatic nitrogens is 2. The van der Waals surface area contributed by atoms with E-state index in [0.29, 0.717) is 44.7 Å². The van der Waals surface area contributed by atoms with Gasteiger partial charge in [0.2, 0.25) is 0 Å². The molecule has 1 heterocycles. The molecule has 8 nitrogen and oxygen atoms in total. The fourth-order valence-corrected chi connectivity index (χ4v) is 6.05. The van der Waals surface area contributed by atoms with Gasteiger partial charge in [-0.2, -0.15) is 0 Å². The Kier molecular flexibility index (Phi) is 27.3. The number of hydrogen-bond donors (Lipinski definition) is 0. The normalized spacial score (nSPS) is 11.4. The molecule has 0 aliphatic heterocycles. The fraction of sp³-hybridized carbons (Fsp3) is 0.784. The Bertz CT molecular complexity index is 897. The third-order valence-electron chi connectivity index (χ3n) is 8.01. The molecule has 0 fully saturated rings. The number of ether oxygens (including phenoxy) is 2. The van der Waals surface area contributed by atoms with Crippen LogP contribution < -0.4 is 0 Å². The van der Waals surface area contributed by atoms with Crippen molar-refractivity contribution in [3.8, 4) is 0 Å². The van der Waals surface area contributed by atoms with Gasteiger partial charge in [-0.3, -0.25) is 14.4 Å². The first-order valence-corrected chi connectivity index (χ1v) is 19.4. The van der Waals surface area contributed by atoms with Crippen molar-refractivity contribution in [1.82, 2.24) is 14.5 Å². The van der Waals surface area contributed by atoms with E-state index in [1.807, 2.05) is 16.8 Å². The molecule has 0 unspecified atom stereocenters. The highest BCUT2D eigenvalue weighted by atomic mass is 32.2. The first kappa shape index (κ1) is 41.7. The second kappa shape index (κ2) is 30.1.